The van der Waals surface area contributed by atoms with Crippen LogP contribution in [0.25, 0.3) is 0 Å². The van der Waals surface area contributed by atoms with Crippen molar-refractivity contribution in [3.05, 3.63) is 46.2 Å². The molecule has 0 aliphatic heterocycles. The number of benzene rings is 1. The van der Waals surface area contributed by atoms with Gasteiger partial charge in [-0.1, -0.05) is 0 Å². The molecule has 9 heteroatoms. The number of nitro groups is 1. The Labute approximate surface area is 145 Å². The number of ether oxygens (including phenoxy) is 2. The van der Waals surface area contributed by atoms with Crippen molar-refractivity contribution >= 4 is 17.3 Å². The number of carbonyl (C=O) groups is 1. The molecule has 0 unspecified atom stereocenters. The Kier molecular flexibility index (Phi) is 8.63. The Bertz CT molecular complexity index is 643. The lowest BCUT2D eigenvalue weighted by Gasteiger charge is -2.20. The molecule has 0 saturated carbocycles. The minimum Gasteiger partial charge on any atom is -0.383 e. The standard InChI is InChI=1S/C16H20N4O5/c1-24-9-7-19(8-10-25-2)12-13(11-17)16(21)18-14-3-5-15(6-4-14)20(22)23/h3-6,12H,7-10H2,1-2H3,(H,18,21)/b13-12-. The molecule has 1 aromatic rings. The van der Waals surface area contributed by atoms with Gasteiger partial charge in [-0.05, 0) is 12.1 Å². The monoisotopic (exact) mass is 348 g/mol. The molecule has 1 amide bonds. The third kappa shape index (κ3) is 6.99. The molecule has 0 aliphatic rings. The van der Waals surface area contributed by atoms with Crippen LogP contribution in [-0.2, 0) is 14.3 Å². The maximum absolute atomic E-state index is 12.2. The van der Waals surface area contributed by atoms with Gasteiger partial charge >= 0.3 is 0 Å². The summed E-state index contributed by atoms with van der Waals surface area (Å²) in [5.41, 5.74) is 0.182. The van der Waals surface area contributed by atoms with E-state index in [-0.39, 0.29) is 11.3 Å². The number of non-ortho nitro benzene ring substituents is 1. The first-order chi connectivity index (χ1) is 12.0. The minimum absolute atomic E-state index is 0.0839. The van der Waals surface area contributed by atoms with E-state index < -0.39 is 10.8 Å². The van der Waals surface area contributed by atoms with Crippen LogP contribution in [0.5, 0.6) is 0 Å². The van der Waals surface area contributed by atoms with Crippen molar-refractivity contribution < 1.29 is 19.2 Å². The number of hydrogen-bond acceptors (Lipinski definition) is 7. The van der Waals surface area contributed by atoms with Crippen molar-refractivity contribution in [1.82, 2.24) is 4.90 Å². The molecule has 25 heavy (non-hydrogen) atoms. The summed E-state index contributed by atoms with van der Waals surface area (Å²) in [7, 11) is 3.12. The molecule has 0 spiro atoms. The van der Waals surface area contributed by atoms with Gasteiger partial charge in [0, 0.05) is 51.3 Å². The number of nitro benzene ring substituents is 1. The van der Waals surface area contributed by atoms with Crippen molar-refractivity contribution in [2.24, 2.45) is 0 Å². The lowest BCUT2D eigenvalue weighted by molar-refractivity contribution is -0.384. The summed E-state index contributed by atoms with van der Waals surface area (Å²) >= 11 is 0. The van der Waals surface area contributed by atoms with Gasteiger partial charge in [-0.25, -0.2) is 0 Å². The average molecular weight is 348 g/mol. The van der Waals surface area contributed by atoms with E-state index in [1.807, 2.05) is 6.07 Å². The predicted molar refractivity (Wildman–Crippen MR) is 90.7 cm³/mol. The van der Waals surface area contributed by atoms with Crippen molar-refractivity contribution in [3.8, 4) is 6.07 Å². The molecule has 1 N–H and O–H groups in total. The molecule has 0 saturated heterocycles. The van der Waals surface area contributed by atoms with Crippen LogP contribution in [0.4, 0.5) is 11.4 Å². The Morgan fingerprint density at radius 1 is 1.28 bits per heavy atom. The maximum Gasteiger partial charge on any atom is 0.269 e. The Hall–Kier alpha value is -2.96. The van der Waals surface area contributed by atoms with Gasteiger partial charge in [0.05, 0.1) is 18.1 Å². The highest BCUT2D eigenvalue weighted by Crippen LogP contribution is 2.16. The predicted octanol–water partition coefficient (Wildman–Crippen LogP) is 1.54. The van der Waals surface area contributed by atoms with Gasteiger partial charge in [-0.3, -0.25) is 14.9 Å². The number of carbonyl (C=O) groups excluding carboxylic acids is 1. The van der Waals surface area contributed by atoms with Gasteiger partial charge in [0.15, 0.2) is 0 Å². The third-order valence-electron chi connectivity index (χ3n) is 3.18. The summed E-state index contributed by atoms with van der Waals surface area (Å²) in [6.07, 6.45) is 1.44. The molecule has 0 aliphatic carbocycles. The number of anilines is 1. The summed E-state index contributed by atoms with van der Waals surface area (Å²) in [5, 5.41) is 22.4. The van der Waals surface area contributed by atoms with Gasteiger partial charge in [0.2, 0.25) is 0 Å². The zero-order valence-electron chi connectivity index (χ0n) is 14.1. The average Bonchev–Trinajstić information content (AvgIpc) is 2.61. The third-order valence-corrected chi connectivity index (χ3v) is 3.18. The fourth-order valence-electron chi connectivity index (χ4n) is 1.84. The van der Waals surface area contributed by atoms with Gasteiger partial charge < -0.3 is 19.7 Å². The second-order valence-corrected chi connectivity index (χ2v) is 4.93. The first-order valence-corrected chi connectivity index (χ1v) is 7.41. The van der Waals surface area contributed by atoms with Crippen LogP contribution in [0.1, 0.15) is 0 Å². The smallest absolute Gasteiger partial charge is 0.269 e. The number of hydrogen-bond donors (Lipinski definition) is 1. The van der Waals surface area contributed by atoms with E-state index in [4.69, 9.17) is 9.47 Å². The van der Waals surface area contributed by atoms with Gasteiger partial charge in [0.1, 0.15) is 11.6 Å². The minimum atomic E-state index is -0.601. The first kappa shape index (κ1) is 20.1. The van der Waals surface area contributed by atoms with E-state index in [0.717, 1.165) is 0 Å². The van der Waals surface area contributed by atoms with E-state index in [1.54, 1.807) is 19.1 Å². The van der Waals surface area contributed by atoms with E-state index in [9.17, 15) is 20.2 Å². The molecule has 9 nitrogen and oxygen atoms in total. The number of amides is 1. The number of nitrogens with zero attached hydrogens (tertiary/aromatic N) is 3. The Balaban J connectivity index is 2.82. The maximum atomic E-state index is 12.2. The normalized spacial score (nSPS) is 10.8. The van der Waals surface area contributed by atoms with Crippen LogP contribution in [0.2, 0.25) is 0 Å². The summed E-state index contributed by atoms with van der Waals surface area (Å²) in [6, 6.07) is 7.20. The highest BCUT2D eigenvalue weighted by atomic mass is 16.6. The molecule has 0 bridgehead atoms. The fraction of sp³-hybridized carbons (Fsp3) is 0.375. The first-order valence-electron chi connectivity index (χ1n) is 7.41. The molecule has 1 aromatic carbocycles. The van der Waals surface area contributed by atoms with Crippen molar-refractivity contribution in [3.63, 3.8) is 0 Å². The lowest BCUT2D eigenvalue weighted by atomic mass is 10.2. The van der Waals surface area contributed by atoms with Gasteiger partial charge in [-0.15, -0.1) is 0 Å². The summed E-state index contributed by atoms with van der Waals surface area (Å²) < 4.78 is 10.0. The van der Waals surface area contributed by atoms with Gasteiger partial charge in [-0.2, -0.15) is 5.26 Å². The van der Waals surface area contributed by atoms with Crippen LogP contribution in [0, 0.1) is 21.4 Å². The van der Waals surface area contributed by atoms with Gasteiger partial charge in [0.25, 0.3) is 11.6 Å². The zero-order chi connectivity index (χ0) is 18.7. The van der Waals surface area contributed by atoms with Crippen LogP contribution in [0.3, 0.4) is 0 Å². The topological polar surface area (TPSA) is 118 Å². The highest BCUT2D eigenvalue weighted by molar-refractivity contribution is 6.06. The fourth-order valence-corrected chi connectivity index (χ4v) is 1.84. The summed E-state index contributed by atoms with van der Waals surface area (Å²) in [6.45, 7) is 1.86. The molecule has 134 valence electrons. The Morgan fingerprint density at radius 2 is 1.84 bits per heavy atom. The summed E-state index contributed by atoms with van der Waals surface area (Å²) in [5.74, 6) is -0.601. The molecule has 0 atom stereocenters. The summed E-state index contributed by atoms with van der Waals surface area (Å²) in [4.78, 5) is 24.1. The zero-order valence-corrected chi connectivity index (χ0v) is 14.1. The molecule has 1 rings (SSSR count). The lowest BCUT2D eigenvalue weighted by Crippen LogP contribution is -2.27. The SMILES string of the molecule is COCCN(/C=C(/C#N)C(=O)Nc1ccc([N+](=O)[O-])cc1)CCOC. The second-order valence-electron chi connectivity index (χ2n) is 4.93. The molecule has 0 heterocycles. The highest BCUT2D eigenvalue weighted by Gasteiger charge is 2.13. The molecular formula is C16H20N4O5. The number of nitrogens with one attached hydrogen (secondary N) is 1. The van der Waals surface area contributed by atoms with Crippen molar-refractivity contribution in [2.75, 3.05) is 45.8 Å². The van der Waals surface area contributed by atoms with E-state index in [0.29, 0.717) is 32.0 Å². The molecular weight excluding hydrogens is 328 g/mol. The van der Waals surface area contributed by atoms with Crippen LogP contribution in [-0.4, -0.2) is 56.3 Å². The van der Waals surface area contributed by atoms with Crippen LogP contribution < -0.4 is 5.32 Å². The number of rotatable bonds is 10. The number of nitriles is 1. The Morgan fingerprint density at radius 3 is 2.28 bits per heavy atom. The van der Waals surface area contributed by atoms with E-state index in [1.165, 1.54) is 30.5 Å². The molecule has 0 aromatic heterocycles. The van der Waals surface area contributed by atoms with Crippen LogP contribution in [0.15, 0.2) is 36.0 Å². The molecule has 0 radical (unpaired) electrons. The quantitative estimate of drug-likeness (QED) is 0.295. The number of methoxy groups -OCH3 is 2. The second kappa shape index (κ2) is 10.7. The van der Waals surface area contributed by atoms with Crippen molar-refractivity contribution in [2.45, 2.75) is 0 Å². The van der Waals surface area contributed by atoms with Crippen molar-refractivity contribution in [1.29, 1.82) is 5.26 Å². The molecule has 0 fully saturated rings. The van der Waals surface area contributed by atoms with Crippen LogP contribution >= 0.6 is 0 Å². The van der Waals surface area contributed by atoms with E-state index in [2.05, 4.69) is 5.32 Å². The largest absolute Gasteiger partial charge is 0.383 e. The van der Waals surface area contributed by atoms with E-state index >= 15 is 0 Å².